The smallest absolute Gasteiger partial charge is 0.188 e. The Balaban J connectivity index is 3.16. The largest absolute Gasteiger partial charge is 0.507 e. The average molecular weight is 320 g/mol. The van der Waals surface area contributed by atoms with Crippen LogP contribution in [0.3, 0.4) is 0 Å². The van der Waals surface area contributed by atoms with Gasteiger partial charge in [0.25, 0.3) is 0 Å². The number of Topliss-reactive ketones (excluding diaryl/α,β-unsaturated/α-hetero) is 1. The fourth-order valence-electron chi connectivity index (χ4n) is 1.37. The van der Waals surface area contributed by atoms with Gasteiger partial charge in [0.15, 0.2) is 5.78 Å². The van der Waals surface area contributed by atoms with Gasteiger partial charge in [-0.3, -0.25) is 4.79 Å². The van der Waals surface area contributed by atoms with Gasteiger partial charge < -0.3 is 10.2 Å². The molecule has 0 radical (unpaired) electrons. The molecule has 0 unspecified atom stereocenters. The van der Waals surface area contributed by atoms with Gasteiger partial charge in [-0.1, -0.05) is 13.3 Å². The summed E-state index contributed by atoms with van der Waals surface area (Å²) in [5.74, 6) is -0.0720. The molecule has 0 atom stereocenters. The Labute approximate surface area is 102 Å². The molecule has 1 rings (SSSR count). The molecule has 0 spiro atoms. The number of carbonyl (C=O) groups excluding carboxylic acids is 1. The van der Waals surface area contributed by atoms with Crippen molar-refractivity contribution in [3.05, 3.63) is 26.8 Å². The van der Waals surface area contributed by atoms with Gasteiger partial charge in [-0.05, 0) is 46.7 Å². The first-order valence-electron chi connectivity index (χ1n) is 4.75. The molecule has 15 heavy (non-hydrogen) atoms. The normalized spacial score (nSPS) is 10.3. The molecule has 0 aromatic heterocycles. The molecule has 0 saturated heterocycles. The number of benzene rings is 1. The van der Waals surface area contributed by atoms with Crippen LogP contribution in [-0.2, 0) is 6.42 Å². The second-order valence-corrected chi connectivity index (χ2v) is 4.46. The first-order valence-corrected chi connectivity index (χ1v) is 5.83. The minimum atomic E-state index is -0.494. The van der Waals surface area contributed by atoms with E-state index in [1.807, 2.05) is 29.5 Å². The molecule has 0 heterocycles. The molecular weight excluding hydrogens is 307 g/mol. The highest BCUT2D eigenvalue weighted by atomic mass is 127. The number of aryl methyl sites for hydroxylation is 1. The first kappa shape index (κ1) is 12.4. The second-order valence-electron chi connectivity index (χ2n) is 3.30. The Morgan fingerprint density at radius 2 is 2.13 bits per heavy atom. The van der Waals surface area contributed by atoms with Gasteiger partial charge in [-0.2, -0.15) is 0 Å². The summed E-state index contributed by atoms with van der Waals surface area (Å²) < 4.78 is 0.648. The Bertz CT molecular complexity index is 374. The Hall–Kier alpha value is -0.620. The molecule has 1 aromatic carbocycles. The lowest BCUT2D eigenvalue weighted by atomic mass is 10.0. The quantitative estimate of drug-likeness (QED) is 0.660. The van der Waals surface area contributed by atoms with E-state index in [1.54, 1.807) is 12.1 Å². The van der Waals surface area contributed by atoms with E-state index < -0.39 is 6.61 Å². The van der Waals surface area contributed by atoms with Gasteiger partial charge in [0.05, 0.1) is 3.57 Å². The topological polar surface area (TPSA) is 57.5 Å². The summed E-state index contributed by atoms with van der Waals surface area (Å²) in [5.41, 5.74) is 1.23. The Kier molecular flexibility index (Phi) is 4.53. The lowest BCUT2D eigenvalue weighted by Crippen LogP contribution is -2.05. The minimum Gasteiger partial charge on any atom is -0.507 e. The van der Waals surface area contributed by atoms with Crippen molar-refractivity contribution >= 4 is 28.4 Å². The second kappa shape index (κ2) is 5.46. The standard InChI is InChI=1S/C11H13IO3/c1-2-3-7-4-8(10(14)6-13)5-9(12)11(7)15/h4-5,13,15H,2-3,6H2,1H3. The summed E-state index contributed by atoms with van der Waals surface area (Å²) in [7, 11) is 0. The molecule has 0 fully saturated rings. The number of aliphatic hydroxyl groups excluding tert-OH is 1. The van der Waals surface area contributed by atoms with Crippen molar-refractivity contribution in [1.82, 2.24) is 0 Å². The van der Waals surface area contributed by atoms with Gasteiger partial charge in [-0.25, -0.2) is 0 Å². The maximum Gasteiger partial charge on any atom is 0.188 e. The predicted octanol–water partition coefficient (Wildman–Crippen LogP) is 2.12. The van der Waals surface area contributed by atoms with Gasteiger partial charge in [0, 0.05) is 5.56 Å². The number of hydrogen-bond acceptors (Lipinski definition) is 3. The van der Waals surface area contributed by atoms with Gasteiger partial charge in [0.2, 0.25) is 0 Å². The zero-order valence-corrected chi connectivity index (χ0v) is 10.6. The Morgan fingerprint density at radius 1 is 1.47 bits per heavy atom. The summed E-state index contributed by atoms with van der Waals surface area (Å²) in [4.78, 5) is 11.3. The number of hydrogen-bond donors (Lipinski definition) is 2. The minimum absolute atomic E-state index is 0.243. The van der Waals surface area contributed by atoms with Crippen LogP contribution in [0, 0.1) is 3.57 Å². The maximum absolute atomic E-state index is 11.3. The van der Waals surface area contributed by atoms with Crippen molar-refractivity contribution in [3.63, 3.8) is 0 Å². The van der Waals surface area contributed by atoms with Crippen molar-refractivity contribution in [2.75, 3.05) is 6.61 Å². The number of aromatic hydroxyl groups is 1. The number of aliphatic hydroxyl groups is 1. The SMILES string of the molecule is CCCc1cc(C(=O)CO)cc(I)c1O. The van der Waals surface area contributed by atoms with Crippen molar-refractivity contribution in [2.45, 2.75) is 19.8 Å². The summed E-state index contributed by atoms with van der Waals surface area (Å²) in [6.07, 6.45) is 1.63. The van der Waals surface area contributed by atoms with E-state index in [4.69, 9.17) is 5.11 Å². The number of phenols is 1. The highest BCUT2D eigenvalue weighted by Crippen LogP contribution is 2.27. The van der Waals surface area contributed by atoms with Crippen LogP contribution in [0.4, 0.5) is 0 Å². The summed E-state index contributed by atoms with van der Waals surface area (Å²) in [6, 6.07) is 3.24. The average Bonchev–Trinajstić information content (AvgIpc) is 2.23. The van der Waals surface area contributed by atoms with E-state index in [-0.39, 0.29) is 11.5 Å². The van der Waals surface area contributed by atoms with Crippen molar-refractivity contribution in [2.24, 2.45) is 0 Å². The van der Waals surface area contributed by atoms with Crippen LogP contribution >= 0.6 is 22.6 Å². The molecule has 0 bridgehead atoms. The van der Waals surface area contributed by atoms with E-state index in [1.165, 1.54) is 0 Å². The van der Waals surface area contributed by atoms with Gasteiger partial charge in [-0.15, -0.1) is 0 Å². The van der Waals surface area contributed by atoms with Crippen LogP contribution < -0.4 is 0 Å². The fourth-order valence-corrected chi connectivity index (χ4v) is 2.05. The summed E-state index contributed by atoms with van der Waals surface area (Å²) >= 11 is 1.98. The zero-order chi connectivity index (χ0) is 11.4. The molecule has 82 valence electrons. The summed E-state index contributed by atoms with van der Waals surface area (Å²) in [6.45, 7) is 1.51. The van der Waals surface area contributed by atoms with Crippen LogP contribution in [0.15, 0.2) is 12.1 Å². The third-order valence-electron chi connectivity index (χ3n) is 2.13. The van der Waals surface area contributed by atoms with E-state index in [9.17, 15) is 9.90 Å². The number of phenolic OH excluding ortho intramolecular Hbond substituents is 1. The molecule has 0 saturated carbocycles. The van der Waals surface area contributed by atoms with Crippen molar-refractivity contribution in [1.29, 1.82) is 0 Å². The van der Waals surface area contributed by atoms with Crippen molar-refractivity contribution in [3.8, 4) is 5.75 Å². The number of ketones is 1. The van der Waals surface area contributed by atoms with E-state index in [0.29, 0.717) is 9.13 Å². The number of halogens is 1. The van der Waals surface area contributed by atoms with E-state index in [0.717, 1.165) is 18.4 Å². The molecule has 1 aromatic rings. The third-order valence-corrected chi connectivity index (χ3v) is 2.95. The van der Waals surface area contributed by atoms with Crippen LogP contribution in [0.25, 0.3) is 0 Å². The zero-order valence-electron chi connectivity index (χ0n) is 8.46. The number of carbonyl (C=O) groups is 1. The molecule has 0 aliphatic carbocycles. The van der Waals surface area contributed by atoms with Crippen LogP contribution in [0.1, 0.15) is 29.3 Å². The molecular formula is C11H13IO3. The Morgan fingerprint density at radius 3 is 2.67 bits per heavy atom. The van der Waals surface area contributed by atoms with Gasteiger partial charge >= 0.3 is 0 Å². The lowest BCUT2D eigenvalue weighted by molar-refractivity contribution is 0.0903. The fraction of sp³-hybridized carbons (Fsp3) is 0.364. The highest BCUT2D eigenvalue weighted by Gasteiger charge is 2.11. The molecule has 2 N–H and O–H groups in total. The molecule has 0 aliphatic heterocycles. The third kappa shape index (κ3) is 2.92. The van der Waals surface area contributed by atoms with Crippen LogP contribution in [0.2, 0.25) is 0 Å². The van der Waals surface area contributed by atoms with Gasteiger partial charge in [0.1, 0.15) is 12.4 Å². The van der Waals surface area contributed by atoms with E-state index >= 15 is 0 Å². The molecule has 3 nitrogen and oxygen atoms in total. The van der Waals surface area contributed by atoms with E-state index in [2.05, 4.69) is 0 Å². The number of rotatable bonds is 4. The first-order chi connectivity index (χ1) is 7.10. The van der Waals surface area contributed by atoms with Crippen molar-refractivity contribution < 1.29 is 15.0 Å². The maximum atomic E-state index is 11.3. The van der Waals surface area contributed by atoms with Crippen LogP contribution in [0.5, 0.6) is 5.75 Å². The lowest BCUT2D eigenvalue weighted by Gasteiger charge is -2.07. The molecule has 0 aliphatic rings. The summed E-state index contributed by atoms with van der Waals surface area (Å²) in [5, 5.41) is 18.5. The highest BCUT2D eigenvalue weighted by molar-refractivity contribution is 14.1. The monoisotopic (exact) mass is 320 g/mol. The predicted molar refractivity (Wildman–Crippen MR) is 66.2 cm³/mol. The molecule has 0 amide bonds. The van der Waals surface area contributed by atoms with Crippen LogP contribution in [-0.4, -0.2) is 22.6 Å². The molecule has 4 heteroatoms.